The normalized spacial score (nSPS) is 21.0. The second kappa shape index (κ2) is 5.10. The first-order chi connectivity index (χ1) is 4.36. The molecule has 1 saturated heterocycles. The molecule has 0 saturated carbocycles. The van der Waals surface area contributed by atoms with Gasteiger partial charge in [0.15, 0.2) is 0 Å². The molecule has 0 aromatic rings. The molecule has 10 heavy (non-hydrogen) atoms. The van der Waals surface area contributed by atoms with Crippen LogP contribution in [0.15, 0.2) is 0 Å². The van der Waals surface area contributed by atoms with Crippen molar-refractivity contribution in [3.05, 3.63) is 0 Å². The minimum atomic E-state index is 0. The quantitative estimate of drug-likeness (QED) is 0.673. The van der Waals surface area contributed by atoms with E-state index in [1.807, 2.05) is 0 Å². The number of hydrogen-bond acceptors (Lipinski definition) is 2. The topological polar surface area (TPSA) is 6.48 Å². The van der Waals surface area contributed by atoms with Gasteiger partial charge in [0.2, 0.25) is 0 Å². The Bertz CT molecular complexity index is 77.7. The molecule has 3 heteroatoms. The van der Waals surface area contributed by atoms with Crippen molar-refractivity contribution in [3.63, 3.8) is 0 Å². The van der Waals surface area contributed by atoms with Crippen LogP contribution >= 0.6 is 17.0 Å². The molecule has 0 spiro atoms. The Hall–Kier alpha value is 0.400. The van der Waals surface area contributed by atoms with Crippen LogP contribution in [0.1, 0.15) is 13.8 Å². The molecule has 1 fully saturated rings. The molecule has 1 heterocycles. The van der Waals surface area contributed by atoms with Crippen LogP contribution in [0.2, 0.25) is 0 Å². The summed E-state index contributed by atoms with van der Waals surface area (Å²) in [7, 11) is 0. The summed E-state index contributed by atoms with van der Waals surface area (Å²) in [6.07, 6.45) is 0. The van der Waals surface area contributed by atoms with Crippen LogP contribution in [0, 0.1) is 0 Å². The van der Waals surface area contributed by atoms with E-state index >= 15 is 0 Å². The molecule has 0 unspecified atom stereocenters. The molecule has 62 valence electrons. The zero-order valence-corrected chi connectivity index (χ0v) is 8.55. The first-order valence-corrected chi connectivity index (χ1v) is 3.81. The number of nitrogens with zero attached hydrogens (tertiary/aromatic N) is 2. The summed E-state index contributed by atoms with van der Waals surface area (Å²) in [6.45, 7) is 10.6. The minimum absolute atomic E-state index is 0. The van der Waals surface area contributed by atoms with Crippen LogP contribution in [0.3, 0.4) is 0 Å². The van der Waals surface area contributed by atoms with E-state index in [9.17, 15) is 0 Å². The molecule has 1 rings (SSSR count). The van der Waals surface area contributed by atoms with Crippen LogP contribution in [0.4, 0.5) is 0 Å². The van der Waals surface area contributed by atoms with Crippen molar-refractivity contribution in [1.29, 1.82) is 0 Å². The van der Waals surface area contributed by atoms with Gasteiger partial charge in [-0.3, -0.25) is 9.80 Å². The van der Waals surface area contributed by atoms with Gasteiger partial charge in [-0.1, -0.05) is 13.8 Å². The van der Waals surface area contributed by atoms with E-state index in [4.69, 9.17) is 0 Å². The van der Waals surface area contributed by atoms with Gasteiger partial charge in [-0.05, 0) is 13.1 Å². The van der Waals surface area contributed by atoms with Crippen molar-refractivity contribution in [2.75, 3.05) is 32.8 Å². The maximum absolute atomic E-state index is 2.46. The lowest BCUT2D eigenvalue weighted by molar-refractivity contribution is 0.262. The van der Waals surface area contributed by atoms with E-state index in [0.29, 0.717) is 0 Å². The molecule has 0 aromatic heterocycles. The molecule has 0 aromatic carbocycles. The van der Waals surface area contributed by atoms with Crippen molar-refractivity contribution in [3.8, 4) is 0 Å². The highest BCUT2D eigenvalue weighted by Crippen LogP contribution is 2.01. The summed E-state index contributed by atoms with van der Waals surface area (Å²) >= 11 is 0. The summed E-state index contributed by atoms with van der Waals surface area (Å²) in [6, 6.07) is 0. The van der Waals surface area contributed by atoms with Crippen molar-refractivity contribution in [1.82, 2.24) is 9.80 Å². The maximum atomic E-state index is 2.46. The fourth-order valence-electron chi connectivity index (χ4n) is 1.22. The molecule has 0 aliphatic carbocycles. The van der Waals surface area contributed by atoms with Crippen molar-refractivity contribution in [2.24, 2.45) is 0 Å². The van der Waals surface area contributed by atoms with Crippen LogP contribution in [-0.2, 0) is 0 Å². The molecular formula is C7H17BrN2. The summed E-state index contributed by atoms with van der Waals surface area (Å²) < 4.78 is 0. The Morgan fingerprint density at radius 3 is 1.60 bits per heavy atom. The number of hydrogen-bond donors (Lipinski definition) is 0. The van der Waals surface area contributed by atoms with Crippen molar-refractivity contribution < 1.29 is 0 Å². The van der Waals surface area contributed by atoms with E-state index in [0.717, 1.165) is 0 Å². The fourth-order valence-corrected chi connectivity index (χ4v) is 1.22. The number of likely N-dealkylation sites (N-methyl/N-ethyl adjacent to an activating group) is 2. The third kappa shape index (κ3) is 2.56. The zero-order chi connectivity index (χ0) is 6.69. The van der Waals surface area contributed by atoms with Gasteiger partial charge in [-0.25, -0.2) is 0 Å². The van der Waals surface area contributed by atoms with E-state index in [-0.39, 0.29) is 17.0 Å². The maximum Gasteiger partial charge on any atom is 0.0507 e. The van der Waals surface area contributed by atoms with Gasteiger partial charge < -0.3 is 0 Å². The molecule has 0 radical (unpaired) electrons. The second-order valence-electron chi connectivity index (χ2n) is 2.56. The minimum Gasteiger partial charge on any atom is -0.289 e. The lowest BCUT2D eigenvalue weighted by Gasteiger charge is -2.13. The average molecular weight is 209 g/mol. The Morgan fingerprint density at radius 1 is 1.00 bits per heavy atom. The summed E-state index contributed by atoms with van der Waals surface area (Å²) in [5, 5.41) is 0. The zero-order valence-electron chi connectivity index (χ0n) is 6.84. The number of rotatable bonds is 2. The molecule has 0 bridgehead atoms. The van der Waals surface area contributed by atoms with Gasteiger partial charge in [-0.15, -0.1) is 17.0 Å². The van der Waals surface area contributed by atoms with E-state index in [2.05, 4.69) is 23.6 Å². The van der Waals surface area contributed by atoms with Crippen molar-refractivity contribution >= 4 is 17.0 Å². The molecule has 2 nitrogen and oxygen atoms in total. The Morgan fingerprint density at radius 2 is 1.40 bits per heavy atom. The van der Waals surface area contributed by atoms with Crippen molar-refractivity contribution in [2.45, 2.75) is 13.8 Å². The summed E-state index contributed by atoms with van der Waals surface area (Å²) in [5.41, 5.74) is 0. The first kappa shape index (κ1) is 10.4. The lowest BCUT2D eigenvalue weighted by Crippen LogP contribution is -2.24. The molecule has 0 amide bonds. The van der Waals surface area contributed by atoms with Gasteiger partial charge in [-0.2, -0.15) is 0 Å². The molecule has 1 aliphatic rings. The van der Waals surface area contributed by atoms with Gasteiger partial charge in [0, 0.05) is 13.1 Å². The summed E-state index contributed by atoms with van der Waals surface area (Å²) in [5.74, 6) is 0. The van der Waals surface area contributed by atoms with Gasteiger partial charge in [0.1, 0.15) is 0 Å². The Kier molecular flexibility index (Phi) is 5.31. The van der Waals surface area contributed by atoms with E-state index in [1.54, 1.807) is 0 Å². The molecule has 0 N–H and O–H groups in total. The Labute approximate surface area is 74.0 Å². The van der Waals surface area contributed by atoms with Crippen LogP contribution < -0.4 is 0 Å². The van der Waals surface area contributed by atoms with Gasteiger partial charge >= 0.3 is 0 Å². The molecular weight excluding hydrogens is 192 g/mol. The van der Waals surface area contributed by atoms with Crippen LogP contribution in [0.25, 0.3) is 0 Å². The highest BCUT2D eigenvalue weighted by atomic mass is 79.9. The largest absolute Gasteiger partial charge is 0.289 e. The lowest BCUT2D eigenvalue weighted by atomic mass is 10.6. The third-order valence-electron chi connectivity index (χ3n) is 2.03. The van der Waals surface area contributed by atoms with Gasteiger partial charge in [0.05, 0.1) is 6.67 Å². The average Bonchev–Trinajstić information content (AvgIpc) is 2.34. The highest BCUT2D eigenvalue weighted by molar-refractivity contribution is 8.93. The predicted molar refractivity (Wildman–Crippen MR) is 49.7 cm³/mol. The first-order valence-electron chi connectivity index (χ1n) is 3.81. The third-order valence-corrected chi connectivity index (χ3v) is 2.03. The molecule has 1 aliphatic heterocycles. The van der Waals surface area contributed by atoms with Gasteiger partial charge in [0.25, 0.3) is 0 Å². The highest BCUT2D eigenvalue weighted by Gasteiger charge is 2.15. The Balaban J connectivity index is 0.000000810. The number of halogens is 1. The monoisotopic (exact) mass is 208 g/mol. The van der Waals surface area contributed by atoms with Crippen LogP contribution in [0.5, 0.6) is 0 Å². The SMILES string of the molecule is Br.CCN1CCN(CC)C1. The smallest absolute Gasteiger partial charge is 0.0507 e. The fraction of sp³-hybridized carbons (Fsp3) is 1.00. The predicted octanol–water partition coefficient (Wildman–Crippen LogP) is 1.18. The van der Waals surface area contributed by atoms with E-state index in [1.165, 1.54) is 32.8 Å². The summed E-state index contributed by atoms with van der Waals surface area (Å²) in [4.78, 5) is 4.92. The second-order valence-corrected chi connectivity index (χ2v) is 2.56. The standard InChI is InChI=1S/C7H16N2.BrH/c1-3-8-5-6-9(4-2)7-8;/h3-7H2,1-2H3;1H. The van der Waals surface area contributed by atoms with Crippen LogP contribution in [-0.4, -0.2) is 42.6 Å². The van der Waals surface area contributed by atoms with E-state index < -0.39 is 0 Å². The molecule has 0 atom stereocenters.